The molecule has 2 bridgehead atoms. The minimum atomic E-state index is -0.0793. The van der Waals surface area contributed by atoms with Crippen LogP contribution in [0.3, 0.4) is 0 Å². The SMILES string of the molecule is N#Cc1ccccc1C(=O)N1C[C@@H]2C[C@H](C1)c1ccc(CN3CCCCC3)c(=O)n1C2. The molecule has 0 aliphatic carbocycles. The van der Waals surface area contributed by atoms with E-state index in [0.29, 0.717) is 30.8 Å². The highest BCUT2D eigenvalue weighted by molar-refractivity contribution is 5.96. The van der Waals surface area contributed by atoms with Crippen LogP contribution in [0.5, 0.6) is 0 Å². The Labute approximate surface area is 182 Å². The summed E-state index contributed by atoms with van der Waals surface area (Å²) in [4.78, 5) is 30.7. The van der Waals surface area contributed by atoms with E-state index in [9.17, 15) is 14.9 Å². The first-order valence-electron chi connectivity index (χ1n) is 11.4. The van der Waals surface area contributed by atoms with Crippen LogP contribution in [0.2, 0.25) is 0 Å². The van der Waals surface area contributed by atoms with E-state index in [1.165, 1.54) is 19.3 Å². The summed E-state index contributed by atoms with van der Waals surface area (Å²) in [6.45, 7) is 4.80. The van der Waals surface area contributed by atoms with Crippen molar-refractivity contribution >= 4 is 5.91 Å². The molecule has 3 aliphatic heterocycles. The molecule has 0 radical (unpaired) electrons. The van der Waals surface area contributed by atoms with Gasteiger partial charge in [-0.1, -0.05) is 24.6 Å². The highest BCUT2D eigenvalue weighted by Gasteiger charge is 2.37. The van der Waals surface area contributed by atoms with Gasteiger partial charge in [0.25, 0.3) is 11.5 Å². The van der Waals surface area contributed by atoms with Crippen LogP contribution < -0.4 is 5.56 Å². The number of fused-ring (bicyclic) bond motifs is 4. The molecule has 2 atom stereocenters. The Kier molecular flexibility index (Phi) is 5.37. The lowest BCUT2D eigenvalue weighted by Crippen LogP contribution is -2.49. The summed E-state index contributed by atoms with van der Waals surface area (Å²) in [6, 6.07) is 13.3. The zero-order valence-electron chi connectivity index (χ0n) is 17.8. The second-order valence-electron chi connectivity index (χ2n) is 9.20. The maximum atomic E-state index is 13.3. The van der Waals surface area contributed by atoms with Gasteiger partial charge in [0.15, 0.2) is 0 Å². The molecule has 160 valence electrons. The summed E-state index contributed by atoms with van der Waals surface area (Å²) >= 11 is 0. The smallest absolute Gasteiger partial charge is 0.255 e. The number of rotatable bonds is 3. The van der Waals surface area contributed by atoms with Gasteiger partial charge in [-0.05, 0) is 56.5 Å². The zero-order chi connectivity index (χ0) is 21.4. The quantitative estimate of drug-likeness (QED) is 0.771. The fourth-order valence-electron chi connectivity index (χ4n) is 5.57. The van der Waals surface area contributed by atoms with E-state index in [0.717, 1.165) is 37.3 Å². The molecular weight excluding hydrogens is 388 g/mol. The van der Waals surface area contributed by atoms with Crippen LogP contribution in [0.15, 0.2) is 41.2 Å². The predicted octanol–water partition coefficient (Wildman–Crippen LogP) is 2.97. The molecule has 0 spiro atoms. The largest absolute Gasteiger partial charge is 0.338 e. The van der Waals surface area contributed by atoms with Crippen LogP contribution >= 0.6 is 0 Å². The molecule has 0 unspecified atom stereocenters. The Balaban J connectivity index is 1.38. The molecule has 2 fully saturated rings. The van der Waals surface area contributed by atoms with Gasteiger partial charge in [-0.2, -0.15) is 5.26 Å². The molecule has 1 aromatic heterocycles. The lowest BCUT2D eigenvalue weighted by molar-refractivity contribution is 0.0593. The van der Waals surface area contributed by atoms with Crippen LogP contribution in [0.4, 0.5) is 0 Å². The maximum absolute atomic E-state index is 13.3. The third-order valence-electron chi connectivity index (χ3n) is 7.09. The number of aromatic nitrogens is 1. The van der Waals surface area contributed by atoms with E-state index in [4.69, 9.17) is 0 Å². The topological polar surface area (TPSA) is 69.3 Å². The van der Waals surface area contributed by atoms with Crippen LogP contribution in [0.25, 0.3) is 0 Å². The lowest BCUT2D eigenvalue weighted by atomic mass is 9.82. The molecule has 2 saturated heterocycles. The number of amides is 1. The molecule has 0 N–H and O–H groups in total. The lowest BCUT2D eigenvalue weighted by Gasteiger charge is -2.43. The van der Waals surface area contributed by atoms with Crippen molar-refractivity contribution < 1.29 is 4.79 Å². The zero-order valence-corrected chi connectivity index (χ0v) is 17.8. The highest BCUT2D eigenvalue weighted by Crippen LogP contribution is 2.36. The maximum Gasteiger partial charge on any atom is 0.255 e. The first-order chi connectivity index (χ1) is 15.1. The van der Waals surface area contributed by atoms with E-state index in [1.54, 1.807) is 24.3 Å². The Bertz CT molecular complexity index is 1090. The standard InChI is InChI=1S/C25H28N4O2/c26-13-19-6-2-3-7-22(19)25(31)28-14-18-12-21(17-28)23-9-8-20(24(30)29(23)15-18)16-27-10-4-1-5-11-27/h2-3,6-9,18,21H,1,4-5,10-12,14-17H2/t18-,21+/m0/s1. The van der Waals surface area contributed by atoms with Gasteiger partial charge in [0.05, 0.1) is 17.2 Å². The van der Waals surface area contributed by atoms with Gasteiger partial charge < -0.3 is 9.47 Å². The van der Waals surface area contributed by atoms with Crippen molar-refractivity contribution in [3.8, 4) is 6.07 Å². The normalized spacial score (nSPS) is 23.1. The van der Waals surface area contributed by atoms with Crippen LogP contribution in [-0.2, 0) is 13.1 Å². The Morgan fingerprint density at radius 2 is 1.84 bits per heavy atom. The fourth-order valence-corrected chi connectivity index (χ4v) is 5.57. The summed E-state index contributed by atoms with van der Waals surface area (Å²) in [6.07, 6.45) is 4.73. The molecule has 5 rings (SSSR count). The van der Waals surface area contributed by atoms with Gasteiger partial charge in [0, 0.05) is 43.4 Å². The third-order valence-corrected chi connectivity index (χ3v) is 7.09. The van der Waals surface area contributed by atoms with Crippen LogP contribution in [-0.4, -0.2) is 46.5 Å². The number of carbonyl (C=O) groups excluding carboxylic acids is 1. The molecular formula is C25H28N4O2. The van der Waals surface area contributed by atoms with Crippen molar-refractivity contribution in [2.75, 3.05) is 26.2 Å². The fraction of sp³-hybridized carbons (Fsp3) is 0.480. The van der Waals surface area contributed by atoms with Crippen LogP contribution in [0, 0.1) is 17.2 Å². The molecule has 4 heterocycles. The van der Waals surface area contributed by atoms with Crippen molar-refractivity contribution in [2.24, 2.45) is 5.92 Å². The van der Waals surface area contributed by atoms with Crippen molar-refractivity contribution in [1.29, 1.82) is 5.26 Å². The minimum Gasteiger partial charge on any atom is -0.338 e. The van der Waals surface area contributed by atoms with Crippen molar-refractivity contribution in [3.63, 3.8) is 0 Å². The van der Waals surface area contributed by atoms with Gasteiger partial charge in [-0.3, -0.25) is 14.5 Å². The Morgan fingerprint density at radius 3 is 2.65 bits per heavy atom. The van der Waals surface area contributed by atoms with E-state index in [1.807, 2.05) is 15.5 Å². The number of hydrogen-bond donors (Lipinski definition) is 0. The van der Waals surface area contributed by atoms with Crippen molar-refractivity contribution in [3.05, 3.63) is 69.1 Å². The summed E-state index contributed by atoms with van der Waals surface area (Å²) < 4.78 is 1.98. The van der Waals surface area contributed by atoms with E-state index in [-0.39, 0.29) is 23.3 Å². The molecule has 1 amide bonds. The van der Waals surface area contributed by atoms with Gasteiger partial charge in [0.1, 0.15) is 0 Å². The Hall–Kier alpha value is -2.91. The van der Waals surface area contributed by atoms with Crippen molar-refractivity contribution in [2.45, 2.75) is 44.7 Å². The number of carbonyl (C=O) groups is 1. The summed E-state index contributed by atoms with van der Waals surface area (Å²) in [5.41, 5.74) is 2.98. The van der Waals surface area contributed by atoms with Crippen LogP contribution in [0.1, 0.15) is 58.8 Å². The number of pyridine rings is 1. The number of likely N-dealkylation sites (tertiary alicyclic amines) is 2. The first-order valence-corrected chi connectivity index (χ1v) is 11.4. The Morgan fingerprint density at radius 1 is 1.03 bits per heavy atom. The van der Waals surface area contributed by atoms with Gasteiger partial charge in [-0.15, -0.1) is 0 Å². The summed E-state index contributed by atoms with van der Waals surface area (Å²) in [5, 5.41) is 9.37. The van der Waals surface area contributed by atoms with E-state index < -0.39 is 0 Å². The summed E-state index contributed by atoms with van der Waals surface area (Å²) in [5.74, 6) is 0.360. The number of hydrogen-bond acceptors (Lipinski definition) is 4. The summed E-state index contributed by atoms with van der Waals surface area (Å²) in [7, 11) is 0. The van der Waals surface area contributed by atoms with Gasteiger partial charge in [-0.25, -0.2) is 0 Å². The molecule has 1 aromatic carbocycles. The number of nitrogens with zero attached hydrogens (tertiary/aromatic N) is 4. The van der Waals surface area contributed by atoms with Gasteiger partial charge in [0.2, 0.25) is 0 Å². The average Bonchev–Trinajstić information content (AvgIpc) is 2.81. The van der Waals surface area contributed by atoms with E-state index >= 15 is 0 Å². The molecule has 2 aromatic rings. The second kappa shape index (κ2) is 8.32. The average molecular weight is 417 g/mol. The van der Waals surface area contributed by atoms with E-state index in [2.05, 4.69) is 17.0 Å². The molecule has 6 heteroatoms. The highest BCUT2D eigenvalue weighted by atomic mass is 16.2. The molecule has 6 nitrogen and oxygen atoms in total. The van der Waals surface area contributed by atoms with Crippen molar-refractivity contribution in [1.82, 2.24) is 14.4 Å². The monoisotopic (exact) mass is 416 g/mol. The number of nitriles is 1. The number of piperidine rings is 2. The molecule has 0 saturated carbocycles. The molecule has 3 aliphatic rings. The van der Waals surface area contributed by atoms with Gasteiger partial charge >= 0.3 is 0 Å². The third kappa shape index (κ3) is 3.79. The molecule has 31 heavy (non-hydrogen) atoms. The predicted molar refractivity (Wildman–Crippen MR) is 118 cm³/mol. The first kappa shape index (κ1) is 20.0. The second-order valence-corrected chi connectivity index (χ2v) is 9.20. The number of benzene rings is 1. The minimum absolute atomic E-state index is 0.0793.